The van der Waals surface area contributed by atoms with Gasteiger partial charge in [0.05, 0.1) is 12.1 Å². The minimum Gasteiger partial charge on any atom is -0.353 e. The van der Waals surface area contributed by atoms with Gasteiger partial charge in [-0.3, -0.25) is 0 Å². The van der Waals surface area contributed by atoms with Crippen LogP contribution in [0.1, 0.15) is 34.6 Å². The summed E-state index contributed by atoms with van der Waals surface area (Å²) in [7, 11) is 0. The first kappa shape index (κ1) is 16.6. The zero-order valence-electron chi connectivity index (χ0n) is 14.1. The predicted octanol–water partition coefficient (Wildman–Crippen LogP) is 6.38. The van der Waals surface area contributed by atoms with Crippen LogP contribution >= 0.6 is 22.9 Å². The van der Waals surface area contributed by atoms with Crippen molar-refractivity contribution in [3.8, 4) is 0 Å². The molecule has 0 spiro atoms. The highest BCUT2D eigenvalue weighted by molar-refractivity contribution is 7.10. The van der Waals surface area contributed by atoms with Crippen LogP contribution in [-0.4, -0.2) is 6.73 Å². The molecule has 4 heteroatoms. The first-order chi connectivity index (χ1) is 12.2. The molecular formula is C21H20ClNOS. The van der Waals surface area contributed by atoms with Gasteiger partial charge in [-0.05, 0) is 48.2 Å². The van der Waals surface area contributed by atoms with Crippen molar-refractivity contribution in [2.75, 3.05) is 11.6 Å². The summed E-state index contributed by atoms with van der Waals surface area (Å²) in [5.41, 5.74) is 3.67. The molecular weight excluding hydrogens is 350 g/mol. The molecule has 25 heavy (non-hydrogen) atoms. The Balaban J connectivity index is 1.63. The van der Waals surface area contributed by atoms with Crippen molar-refractivity contribution in [1.29, 1.82) is 0 Å². The molecule has 1 aliphatic heterocycles. The van der Waals surface area contributed by atoms with E-state index in [0.29, 0.717) is 12.8 Å². The molecule has 0 unspecified atom stereocenters. The summed E-state index contributed by atoms with van der Waals surface area (Å²) in [6, 6.07) is 21.3. The number of rotatable bonds is 3. The Morgan fingerprint density at radius 2 is 1.80 bits per heavy atom. The molecule has 0 radical (unpaired) electrons. The van der Waals surface area contributed by atoms with Gasteiger partial charge < -0.3 is 9.64 Å². The molecule has 2 atom stereocenters. The van der Waals surface area contributed by atoms with Crippen molar-refractivity contribution >= 4 is 28.6 Å². The number of nitrogens with zero attached hydrogens (tertiary/aromatic N) is 1. The Labute approximate surface area is 157 Å². The fourth-order valence-electron chi connectivity index (χ4n) is 3.31. The third kappa shape index (κ3) is 3.59. The molecule has 0 amide bonds. The van der Waals surface area contributed by atoms with Gasteiger partial charge >= 0.3 is 0 Å². The van der Waals surface area contributed by atoms with E-state index in [9.17, 15) is 0 Å². The molecule has 1 saturated heterocycles. The number of benzene rings is 2. The third-order valence-electron chi connectivity index (χ3n) is 4.71. The van der Waals surface area contributed by atoms with Crippen LogP contribution < -0.4 is 4.90 Å². The number of halogens is 1. The first-order valence-electron chi connectivity index (χ1n) is 8.44. The van der Waals surface area contributed by atoms with Gasteiger partial charge in [0.1, 0.15) is 6.73 Å². The van der Waals surface area contributed by atoms with E-state index in [0.717, 1.165) is 17.1 Å². The Kier molecular flexibility index (Phi) is 4.80. The van der Waals surface area contributed by atoms with Gasteiger partial charge in [-0.15, -0.1) is 11.3 Å². The van der Waals surface area contributed by atoms with Crippen LogP contribution in [0, 0.1) is 6.92 Å². The van der Waals surface area contributed by atoms with Crippen LogP contribution in [0.3, 0.4) is 0 Å². The lowest BCUT2D eigenvalue weighted by molar-refractivity contribution is 0.00773. The first-order valence-corrected chi connectivity index (χ1v) is 9.70. The highest BCUT2D eigenvalue weighted by Crippen LogP contribution is 2.41. The average Bonchev–Trinajstić information content (AvgIpc) is 3.17. The Morgan fingerprint density at radius 3 is 2.48 bits per heavy atom. The van der Waals surface area contributed by atoms with E-state index < -0.39 is 0 Å². The van der Waals surface area contributed by atoms with Crippen molar-refractivity contribution in [3.63, 3.8) is 0 Å². The van der Waals surface area contributed by atoms with Crippen LogP contribution in [0.15, 0.2) is 66.0 Å². The SMILES string of the molecule is Cc1ccc([C@@H]2C[C@H](c3cccs3)N(c3ccc(Cl)cc3)CO2)cc1. The number of hydrogen-bond acceptors (Lipinski definition) is 3. The molecule has 2 nitrogen and oxygen atoms in total. The van der Waals surface area contributed by atoms with Gasteiger partial charge in [-0.1, -0.05) is 47.5 Å². The predicted molar refractivity (Wildman–Crippen MR) is 105 cm³/mol. The zero-order chi connectivity index (χ0) is 17.2. The Bertz CT molecular complexity index is 814. The zero-order valence-corrected chi connectivity index (χ0v) is 15.6. The van der Waals surface area contributed by atoms with Gasteiger partial charge in [-0.25, -0.2) is 0 Å². The number of ether oxygens (including phenoxy) is 1. The second-order valence-corrected chi connectivity index (χ2v) is 7.82. The molecule has 3 aromatic rings. The molecule has 0 aliphatic carbocycles. The summed E-state index contributed by atoms with van der Waals surface area (Å²) in [5, 5.41) is 2.90. The van der Waals surface area contributed by atoms with Crippen molar-refractivity contribution < 1.29 is 4.74 Å². The van der Waals surface area contributed by atoms with E-state index in [2.05, 4.69) is 65.7 Å². The molecule has 2 heterocycles. The van der Waals surface area contributed by atoms with E-state index in [1.807, 2.05) is 23.5 Å². The number of aryl methyl sites for hydroxylation is 1. The number of hydrogen-bond donors (Lipinski definition) is 0. The van der Waals surface area contributed by atoms with Crippen molar-refractivity contribution in [1.82, 2.24) is 0 Å². The lowest BCUT2D eigenvalue weighted by Gasteiger charge is -2.40. The summed E-state index contributed by atoms with van der Waals surface area (Å²) in [6.07, 6.45) is 1.06. The average molecular weight is 370 g/mol. The maximum Gasteiger partial charge on any atom is 0.120 e. The fourth-order valence-corrected chi connectivity index (χ4v) is 4.29. The molecule has 128 valence electrons. The van der Waals surface area contributed by atoms with Crippen LogP contribution in [0.4, 0.5) is 5.69 Å². The maximum atomic E-state index is 6.23. The molecule has 0 saturated carbocycles. The number of anilines is 1. The highest BCUT2D eigenvalue weighted by Gasteiger charge is 2.31. The second kappa shape index (κ2) is 7.20. The summed E-state index contributed by atoms with van der Waals surface area (Å²) in [5.74, 6) is 0. The van der Waals surface area contributed by atoms with Gasteiger partial charge in [0.2, 0.25) is 0 Å². The van der Waals surface area contributed by atoms with Crippen molar-refractivity contribution in [2.24, 2.45) is 0 Å². The van der Waals surface area contributed by atoms with Crippen LogP contribution in [-0.2, 0) is 4.74 Å². The quantitative estimate of drug-likeness (QED) is 0.531. The number of thiophene rings is 1. The molecule has 0 N–H and O–H groups in total. The normalized spacial score (nSPS) is 20.6. The van der Waals surface area contributed by atoms with Crippen molar-refractivity contribution in [2.45, 2.75) is 25.5 Å². The van der Waals surface area contributed by atoms with Crippen LogP contribution in [0.5, 0.6) is 0 Å². The molecule has 4 rings (SSSR count). The monoisotopic (exact) mass is 369 g/mol. The minimum absolute atomic E-state index is 0.122. The summed E-state index contributed by atoms with van der Waals surface area (Å²) in [4.78, 5) is 3.70. The van der Waals surface area contributed by atoms with E-state index in [1.54, 1.807) is 0 Å². The second-order valence-electron chi connectivity index (χ2n) is 6.41. The largest absolute Gasteiger partial charge is 0.353 e. The lowest BCUT2D eigenvalue weighted by Crippen LogP contribution is -2.37. The lowest BCUT2D eigenvalue weighted by atomic mass is 9.97. The van der Waals surface area contributed by atoms with Gasteiger partial charge in [0, 0.05) is 22.0 Å². The molecule has 1 fully saturated rings. The van der Waals surface area contributed by atoms with E-state index >= 15 is 0 Å². The fraction of sp³-hybridized carbons (Fsp3) is 0.238. The summed E-state index contributed by atoms with van der Waals surface area (Å²) < 4.78 is 6.23. The molecule has 1 aromatic heterocycles. The van der Waals surface area contributed by atoms with E-state index in [1.165, 1.54) is 16.0 Å². The maximum absolute atomic E-state index is 6.23. The van der Waals surface area contributed by atoms with Crippen LogP contribution in [0.2, 0.25) is 5.02 Å². The van der Waals surface area contributed by atoms with Crippen LogP contribution in [0.25, 0.3) is 0 Å². The molecule has 0 bridgehead atoms. The van der Waals surface area contributed by atoms with Crippen molar-refractivity contribution in [3.05, 3.63) is 87.1 Å². The summed E-state index contributed by atoms with van der Waals surface area (Å²) in [6.45, 7) is 2.69. The Hall–Kier alpha value is -1.81. The summed E-state index contributed by atoms with van der Waals surface area (Å²) >= 11 is 7.86. The minimum atomic E-state index is 0.122. The smallest absolute Gasteiger partial charge is 0.120 e. The highest BCUT2D eigenvalue weighted by atomic mass is 35.5. The van der Waals surface area contributed by atoms with Gasteiger partial charge in [0.15, 0.2) is 0 Å². The molecule has 1 aliphatic rings. The van der Waals surface area contributed by atoms with E-state index in [4.69, 9.17) is 16.3 Å². The Morgan fingerprint density at radius 1 is 1.04 bits per heavy atom. The topological polar surface area (TPSA) is 12.5 Å². The molecule has 2 aromatic carbocycles. The van der Waals surface area contributed by atoms with Gasteiger partial charge in [0.25, 0.3) is 0 Å². The van der Waals surface area contributed by atoms with Gasteiger partial charge in [-0.2, -0.15) is 0 Å². The third-order valence-corrected chi connectivity index (χ3v) is 5.93. The standard InChI is InChI=1S/C21H20ClNOS/c1-15-4-6-16(7-5-15)20-13-19(21-3-2-12-25-21)23(14-24-20)18-10-8-17(22)9-11-18/h2-12,19-20H,13-14H2,1H3/t19-,20+/m1/s1. The van der Waals surface area contributed by atoms with E-state index in [-0.39, 0.29) is 6.10 Å².